The minimum atomic E-state index is -0.159. The summed E-state index contributed by atoms with van der Waals surface area (Å²) in [5.74, 6) is -0.346. The number of nitrogens with zero attached hydrogens (tertiary/aromatic N) is 1. The van der Waals surface area contributed by atoms with Gasteiger partial charge < -0.3 is 15.1 Å². The van der Waals surface area contributed by atoms with Crippen molar-refractivity contribution in [2.45, 2.75) is 31.7 Å². The molecular weight excluding hydrogens is 310 g/mol. The second kappa shape index (κ2) is 6.28. The van der Waals surface area contributed by atoms with Crippen molar-refractivity contribution < 1.29 is 15.0 Å². The molecule has 2 N–H and O–H groups in total. The van der Waals surface area contributed by atoms with Crippen molar-refractivity contribution in [2.75, 3.05) is 11.9 Å². The van der Waals surface area contributed by atoms with E-state index in [0.717, 1.165) is 31.0 Å². The van der Waals surface area contributed by atoms with Crippen LogP contribution in [-0.4, -0.2) is 38.9 Å². The Labute approximate surface area is 121 Å². The Kier molecular flexibility index (Phi) is 4.69. The molecule has 0 atom stereocenters. The molecule has 1 aromatic carbocycles. The van der Waals surface area contributed by atoms with Crippen LogP contribution in [0.2, 0.25) is 0 Å². The van der Waals surface area contributed by atoms with Gasteiger partial charge in [-0.3, -0.25) is 4.79 Å². The summed E-state index contributed by atoms with van der Waals surface area (Å²) in [6.45, 7) is 0.690. The average molecular weight is 328 g/mol. The summed E-state index contributed by atoms with van der Waals surface area (Å²) in [6.07, 6.45) is 4.12. The highest BCUT2D eigenvalue weighted by molar-refractivity contribution is 9.09. The molecule has 1 fully saturated rings. The van der Waals surface area contributed by atoms with Gasteiger partial charge in [-0.1, -0.05) is 15.9 Å². The number of hydrogen-bond donors (Lipinski definition) is 2. The van der Waals surface area contributed by atoms with Crippen molar-refractivity contribution in [1.29, 1.82) is 0 Å². The molecule has 0 heterocycles. The Morgan fingerprint density at radius 3 is 2.63 bits per heavy atom. The van der Waals surface area contributed by atoms with Gasteiger partial charge >= 0.3 is 0 Å². The largest absolute Gasteiger partial charge is 0.508 e. The molecule has 0 radical (unpaired) electrons. The number of carbonyl (C=O) groups is 1. The lowest BCUT2D eigenvalue weighted by molar-refractivity contribution is 0.0578. The van der Waals surface area contributed by atoms with Gasteiger partial charge in [0.05, 0.1) is 5.56 Å². The zero-order valence-corrected chi connectivity index (χ0v) is 12.3. The molecule has 19 heavy (non-hydrogen) atoms. The summed E-state index contributed by atoms with van der Waals surface area (Å²) in [7, 11) is 0. The monoisotopic (exact) mass is 327 g/mol. The Balaban J connectivity index is 2.17. The van der Waals surface area contributed by atoms with E-state index in [4.69, 9.17) is 0 Å². The number of carbonyl (C=O) groups excluding carboxylic acids is 1. The third kappa shape index (κ3) is 3.21. The highest BCUT2D eigenvalue weighted by Gasteiger charge is 2.30. The topological polar surface area (TPSA) is 60.8 Å². The molecule has 2 rings (SSSR count). The number of halogens is 1. The van der Waals surface area contributed by atoms with E-state index in [2.05, 4.69) is 15.9 Å². The lowest BCUT2D eigenvalue weighted by atomic mass is 9.90. The molecule has 1 aliphatic carbocycles. The van der Waals surface area contributed by atoms with Crippen molar-refractivity contribution >= 4 is 21.8 Å². The number of aromatic hydroxyl groups is 2. The summed E-state index contributed by atoms with van der Waals surface area (Å²) in [5.41, 5.74) is 0.263. The van der Waals surface area contributed by atoms with E-state index in [9.17, 15) is 15.0 Å². The Morgan fingerprint density at radius 1 is 1.37 bits per heavy atom. The molecule has 104 valence electrons. The lowest BCUT2D eigenvalue weighted by Crippen LogP contribution is -2.44. The summed E-state index contributed by atoms with van der Waals surface area (Å²) >= 11 is 3.38. The van der Waals surface area contributed by atoms with Crippen molar-refractivity contribution in [3.05, 3.63) is 23.8 Å². The standard InChI is InChI=1S/C14H18BrNO3/c15-7-2-8-16(10-3-1-4-10)14(19)12-6-5-11(17)9-13(12)18/h5-6,9-10,17-18H,1-4,7-8H2. The molecule has 1 amide bonds. The highest BCUT2D eigenvalue weighted by Crippen LogP contribution is 2.29. The molecule has 0 saturated heterocycles. The van der Waals surface area contributed by atoms with Crippen molar-refractivity contribution in [3.8, 4) is 11.5 Å². The van der Waals surface area contributed by atoms with Gasteiger partial charge in [0.25, 0.3) is 5.91 Å². The number of rotatable bonds is 5. The number of alkyl halides is 1. The third-order valence-electron chi connectivity index (χ3n) is 3.52. The second-order valence-electron chi connectivity index (χ2n) is 4.83. The fraction of sp³-hybridized carbons (Fsp3) is 0.500. The van der Waals surface area contributed by atoms with Gasteiger partial charge in [0.1, 0.15) is 11.5 Å². The SMILES string of the molecule is O=C(c1ccc(O)cc1O)N(CCCBr)C1CCC1. The Morgan fingerprint density at radius 2 is 2.11 bits per heavy atom. The van der Waals surface area contributed by atoms with Crippen molar-refractivity contribution in [3.63, 3.8) is 0 Å². The van der Waals surface area contributed by atoms with E-state index < -0.39 is 0 Å². The molecule has 0 spiro atoms. The first kappa shape index (κ1) is 14.2. The number of phenolic OH excluding ortho intramolecular Hbond substituents is 2. The molecule has 1 saturated carbocycles. The molecular formula is C14H18BrNO3. The van der Waals surface area contributed by atoms with Gasteiger partial charge in [0, 0.05) is 24.0 Å². The maximum Gasteiger partial charge on any atom is 0.257 e. The van der Waals surface area contributed by atoms with Gasteiger partial charge in [-0.25, -0.2) is 0 Å². The van der Waals surface area contributed by atoms with E-state index in [0.29, 0.717) is 12.6 Å². The fourth-order valence-electron chi connectivity index (χ4n) is 2.23. The smallest absolute Gasteiger partial charge is 0.257 e. The number of phenols is 2. The van der Waals surface area contributed by atoms with Crippen molar-refractivity contribution in [1.82, 2.24) is 4.90 Å². The number of benzene rings is 1. The Hall–Kier alpha value is -1.23. The van der Waals surface area contributed by atoms with Gasteiger partial charge in [0.2, 0.25) is 0 Å². The molecule has 1 aromatic rings. The molecule has 1 aliphatic rings. The van der Waals surface area contributed by atoms with Crippen LogP contribution >= 0.6 is 15.9 Å². The first-order valence-electron chi connectivity index (χ1n) is 6.52. The summed E-state index contributed by atoms with van der Waals surface area (Å²) in [4.78, 5) is 14.3. The van der Waals surface area contributed by atoms with Gasteiger partial charge in [-0.05, 0) is 37.8 Å². The second-order valence-corrected chi connectivity index (χ2v) is 5.62. The van der Waals surface area contributed by atoms with Crippen LogP contribution in [0.3, 0.4) is 0 Å². The number of hydrogen-bond acceptors (Lipinski definition) is 3. The van der Waals surface area contributed by atoms with E-state index in [1.54, 1.807) is 0 Å². The van der Waals surface area contributed by atoms with Gasteiger partial charge in [-0.2, -0.15) is 0 Å². The predicted molar refractivity (Wildman–Crippen MR) is 76.9 cm³/mol. The fourth-order valence-corrected chi connectivity index (χ4v) is 2.48. The first-order valence-corrected chi connectivity index (χ1v) is 7.64. The molecule has 0 aromatic heterocycles. The minimum Gasteiger partial charge on any atom is -0.508 e. The van der Waals surface area contributed by atoms with E-state index in [-0.39, 0.29) is 23.0 Å². The third-order valence-corrected chi connectivity index (χ3v) is 4.08. The van der Waals surface area contributed by atoms with E-state index >= 15 is 0 Å². The zero-order valence-electron chi connectivity index (χ0n) is 10.7. The summed E-state index contributed by atoms with van der Waals surface area (Å²) in [5, 5.41) is 19.9. The normalized spacial score (nSPS) is 15.0. The molecule has 0 bridgehead atoms. The maximum absolute atomic E-state index is 12.5. The van der Waals surface area contributed by atoms with E-state index in [1.807, 2.05) is 4.90 Å². The van der Waals surface area contributed by atoms with Gasteiger partial charge in [0.15, 0.2) is 0 Å². The minimum absolute atomic E-state index is 0.0373. The van der Waals surface area contributed by atoms with Crippen LogP contribution < -0.4 is 0 Å². The highest BCUT2D eigenvalue weighted by atomic mass is 79.9. The van der Waals surface area contributed by atoms with Crippen molar-refractivity contribution in [2.24, 2.45) is 0 Å². The van der Waals surface area contributed by atoms with Crippen LogP contribution in [0.5, 0.6) is 11.5 Å². The molecule has 0 aliphatic heterocycles. The van der Waals surface area contributed by atoms with Crippen LogP contribution in [0.25, 0.3) is 0 Å². The van der Waals surface area contributed by atoms with Crippen LogP contribution in [0.4, 0.5) is 0 Å². The summed E-state index contributed by atoms with van der Waals surface area (Å²) in [6, 6.07) is 4.40. The molecule has 4 nitrogen and oxygen atoms in total. The number of amides is 1. The van der Waals surface area contributed by atoms with Crippen LogP contribution in [0.1, 0.15) is 36.0 Å². The first-order chi connectivity index (χ1) is 9.13. The quantitative estimate of drug-likeness (QED) is 0.817. The van der Waals surface area contributed by atoms with Crippen LogP contribution in [0.15, 0.2) is 18.2 Å². The predicted octanol–water partition coefficient (Wildman–Crippen LogP) is 2.88. The Bertz CT molecular complexity index is 460. The molecule has 5 heteroatoms. The average Bonchev–Trinajstić information content (AvgIpc) is 2.31. The van der Waals surface area contributed by atoms with Crippen LogP contribution in [-0.2, 0) is 0 Å². The van der Waals surface area contributed by atoms with Gasteiger partial charge in [-0.15, -0.1) is 0 Å². The lowest BCUT2D eigenvalue weighted by Gasteiger charge is -2.37. The maximum atomic E-state index is 12.5. The molecule has 0 unspecified atom stereocenters. The zero-order chi connectivity index (χ0) is 13.8. The van der Waals surface area contributed by atoms with Crippen LogP contribution in [0, 0.1) is 0 Å². The summed E-state index contributed by atoms with van der Waals surface area (Å²) < 4.78 is 0. The van der Waals surface area contributed by atoms with E-state index in [1.165, 1.54) is 18.2 Å².